The first-order valence-corrected chi connectivity index (χ1v) is 11.5. The number of nitrogens with one attached hydrogen (secondary N) is 1. The number of ether oxygens (including phenoxy) is 1. The fourth-order valence-electron chi connectivity index (χ4n) is 4.37. The fraction of sp³-hybridized carbons (Fsp3) is 0.286. The van der Waals surface area contributed by atoms with Gasteiger partial charge in [-0.2, -0.15) is 0 Å². The lowest BCUT2D eigenvalue weighted by Gasteiger charge is -2.30. The van der Waals surface area contributed by atoms with Gasteiger partial charge in [-0.15, -0.1) is 0 Å². The number of anilines is 3. The molecule has 168 valence electrons. The van der Waals surface area contributed by atoms with E-state index in [1.165, 1.54) is 10.9 Å². The van der Waals surface area contributed by atoms with Gasteiger partial charge in [0.2, 0.25) is 0 Å². The second kappa shape index (κ2) is 8.83. The molecule has 1 aliphatic heterocycles. The van der Waals surface area contributed by atoms with Gasteiger partial charge in [0.05, 0.1) is 25.1 Å². The molecule has 2 aromatic heterocycles. The van der Waals surface area contributed by atoms with Crippen LogP contribution in [0, 0.1) is 0 Å². The number of morpholine rings is 1. The number of nitrogens with zero attached hydrogens (tertiary/aromatic N) is 3. The van der Waals surface area contributed by atoms with Gasteiger partial charge in [0.1, 0.15) is 5.82 Å². The summed E-state index contributed by atoms with van der Waals surface area (Å²) in [5.74, 6) is 0.861. The molecule has 5 rings (SSSR count). The predicted octanol–water partition coefficient (Wildman–Crippen LogP) is 6.17. The molecule has 0 amide bonds. The van der Waals surface area contributed by atoms with Crippen LogP contribution >= 0.6 is 0 Å². The largest absolute Gasteiger partial charge is 0.378 e. The molecule has 4 aromatic rings. The van der Waals surface area contributed by atoms with Gasteiger partial charge in [-0.05, 0) is 34.6 Å². The van der Waals surface area contributed by atoms with Crippen LogP contribution < -0.4 is 10.2 Å². The summed E-state index contributed by atoms with van der Waals surface area (Å²) >= 11 is 0. The van der Waals surface area contributed by atoms with Crippen LogP contribution in [0.2, 0.25) is 0 Å². The van der Waals surface area contributed by atoms with Gasteiger partial charge in [0.25, 0.3) is 0 Å². The number of aromatic nitrogens is 2. The van der Waals surface area contributed by atoms with Gasteiger partial charge >= 0.3 is 0 Å². The van der Waals surface area contributed by atoms with Crippen molar-refractivity contribution in [3.05, 3.63) is 78.8 Å². The molecule has 0 unspecified atom stereocenters. The van der Waals surface area contributed by atoms with Crippen LogP contribution in [0.4, 0.5) is 17.2 Å². The third-order valence-electron chi connectivity index (χ3n) is 6.25. The van der Waals surface area contributed by atoms with Crippen LogP contribution in [-0.2, 0) is 10.2 Å². The first-order chi connectivity index (χ1) is 16.0. The standard InChI is InChI=1S/C28H30N4O/c1-28(2,3)20-8-10-21(11-9-20)31-27-24-7-5-4-6-22(24)25(18-30-27)23-12-13-29-19-26(23)32-14-16-33-17-15-32/h4-13,18-19H,14-17H2,1-3H3,(H,30,31). The van der Waals surface area contributed by atoms with E-state index in [4.69, 9.17) is 9.72 Å². The Morgan fingerprint density at radius 1 is 0.848 bits per heavy atom. The van der Waals surface area contributed by atoms with Crippen LogP contribution in [0.15, 0.2) is 73.2 Å². The van der Waals surface area contributed by atoms with Crippen LogP contribution in [-0.4, -0.2) is 36.3 Å². The highest BCUT2D eigenvalue weighted by Gasteiger charge is 2.18. The molecule has 0 saturated carbocycles. The van der Waals surface area contributed by atoms with Gasteiger partial charge < -0.3 is 15.0 Å². The first-order valence-electron chi connectivity index (χ1n) is 11.5. The zero-order valence-corrected chi connectivity index (χ0v) is 19.5. The molecule has 1 N–H and O–H groups in total. The Hall–Kier alpha value is -3.44. The molecular formula is C28H30N4O. The molecule has 33 heavy (non-hydrogen) atoms. The highest BCUT2D eigenvalue weighted by molar-refractivity contribution is 6.04. The molecule has 0 aliphatic carbocycles. The molecule has 0 atom stereocenters. The highest BCUT2D eigenvalue weighted by atomic mass is 16.5. The average molecular weight is 439 g/mol. The first kappa shape index (κ1) is 21.4. The molecular weight excluding hydrogens is 408 g/mol. The van der Waals surface area contributed by atoms with E-state index in [9.17, 15) is 0 Å². The van der Waals surface area contributed by atoms with Crippen molar-refractivity contribution in [2.45, 2.75) is 26.2 Å². The molecule has 3 heterocycles. The van der Waals surface area contributed by atoms with E-state index in [1.54, 1.807) is 0 Å². The molecule has 0 spiro atoms. The SMILES string of the molecule is CC(C)(C)c1ccc(Nc2ncc(-c3ccncc3N3CCOCC3)c3ccccc23)cc1. The van der Waals surface area contributed by atoms with Gasteiger partial charge in [-0.25, -0.2) is 4.98 Å². The van der Waals surface area contributed by atoms with E-state index in [0.29, 0.717) is 0 Å². The molecule has 0 bridgehead atoms. The van der Waals surface area contributed by atoms with E-state index in [0.717, 1.165) is 60.0 Å². The lowest BCUT2D eigenvalue weighted by atomic mass is 9.87. The Bertz CT molecular complexity index is 1260. The van der Waals surface area contributed by atoms with Crippen LogP contribution in [0.25, 0.3) is 21.9 Å². The Morgan fingerprint density at radius 2 is 1.58 bits per heavy atom. The lowest BCUT2D eigenvalue weighted by Crippen LogP contribution is -2.36. The summed E-state index contributed by atoms with van der Waals surface area (Å²) < 4.78 is 5.55. The number of rotatable bonds is 4. The normalized spacial score (nSPS) is 14.5. The van der Waals surface area contributed by atoms with Crippen molar-refractivity contribution in [2.75, 3.05) is 36.5 Å². The molecule has 1 fully saturated rings. The summed E-state index contributed by atoms with van der Waals surface area (Å²) in [4.78, 5) is 11.6. The molecule has 5 nitrogen and oxygen atoms in total. The highest BCUT2D eigenvalue weighted by Crippen LogP contribution is 2.37. The Kier molecular flexibility index (Phi) is 5.73. The average Bonchev–Trinajstić information content (AvgIpc) is 2.85. The third-order valence-corrected chi connectivity index (χ3v) is 6.25. The zero-order chi connectivity index (χ0) is 22.8. The van der Waals surface area contributed by atoms with Crippen molar-refractivity contribution >= 4 is 28.0 Å². The number of hydrogen-bond acceptors (Lipinski definition) is 5. The Balaban J connectivity index is 1.54. The lowest BCUT2D eigenvalue weighted by molar-refractivity contribution is 0.122. The number of pyridine rings is 2. The van der Waals surface area contributed by atoms with Crippen molar-refractivity contribution in [1.29, 1.82) is 0 Å². The maximum absolute atomic E-state index is 5.55. The molecule has 2 aromatic carbocycles. The smallest absolute Gasteiger partial charge is 0.138 e. The topological polar surface area (TPSA) is 50.3 Å². The minimum Gasteiger partial charge on any atom is -0.378 e. The monoisotopic (exact) mass is 438 g/mol. The van der Waals surface area contributed by atoms with E-state index >= 15 is 0 Å². The third kappa shape index (κ3) is 4.41. The van der Waals surface area contributed by atoms with E-state index in [1.807, 2.05) is 18.6 Å². The van der Waals surface area contributed by atoms with Crippen LogP contribution in [0.3, 0.4) is 0 Å². The van der Waals surface area contributed by atoms with E-state index in [-0.39, 0.29) is 5.41 Å². The molecule has 1 saturated heterocycles. The van der Waals surface area contributed by atoms with Crippen molar-refractivity contribution in [1.82, 2.24) is 9.97 Å². The van der Waals surface area contributed by atoms with Gasteiger partial charge in [0, 0.05) is 47.7 Å². The minimum atomic E-state index is 0.133. The zero-order valence-electron chi connectivity index (χ0n) is 19.5. The summed E-state index contributed by atoms with van der Waals surface area (Å²) in [6.45, 7) is 9.91. The second-order valence-electron chi connectivity index (χ2n) is 9.51. The molecule has 5 heteroatoms. The van der Waals surface area contributed by atoms with Gasteiger partial charge in [0.15, 0.2) is 0 Å². The second-order valence-corrected chi connectivity index (χ2v) is 9.51. The number of fused-ring (bicyclic) bond motifs is 1. The van der Waals surface area contributed by atoms with Crippen molar-refractivity contribution in [3.63, 3.8) is 0 Å². The number of hydrogen-bond donors (Lipinski definition) is 1. The summed E-state index contributed by atoms with van der Waals surface area (Å²) in [6.07, 6.45) is 5.79. The van der Waals surface area contributed by atoms with E-state index in [2.05, 4.69) is 90.6 Å². The summed E-state index contributed by atoms with van der Waals surface area (Å²) in [5, 5.41) is 5.80. The Labute approximate surface area is 195 Å². The van der Waals surface area contributed by atoms with Crippen LogP contribution in [0.5, 0.6) is 0 Å². The quantitative estimate of drug-likeness (QED) is 0.413. The summed E-state index contributed by atoms with van der Waals surface area (Å²) in [6, 6.07) is 19.2. The van der Waals surface area contributed by atoms with Crippen molar-refractivity contribution in [2.24, 2.45) is 0 Å². The Morgan fingerprint density at radius 3 is 2.30 bits per heavy atom. The van der Waals surface area contributed by atoms with Crippen molar-refractivity contribution < 1.29 is 4.74 Å². The molecule has 0 radical (unpaired) electrons. The van der Waals surface area contributed by atoms with Crippen molar-refractivity contribution in [3.8, 4) is 11.1 Å². The van der Waals surface area contributed by atoms with E-state index < -0.39 is 0 Å². The predicted molar refractivity (Wildman–Crippen MR) is 136 cm³/mol. The molecule has 1 aliphatic rings. The summed E-state index contributed by atoms with van der Waals surface area (Å²) in [5.41, 5.74) is 5.88. The number of benzene rings is 2. The van der Waals surface area contributed by atoms with Gasteiger partial charge in [-0.3, -0.25) is 4.98 Å². The fourth-order valence-corrected chi connectivity index (χ4v) is 4.37. The minimum absolute atomic E-state index is 0.133. The van der Waals surface area contributed by atoms with Crippen LogP contribution in [0.1, 0.15) is 26.3 Å². The van der Waals surface area contributed by atoms with Gasteiger partial charge in [-0.1, -0.05) is 57.2 Å². The maximum atomic E-state index is 5.55. The maximum Gasteiger partial charge on any atom is 0.138 e. The summed E-state index contributed by atoms with van der Waals surface area (Å²) in [7, 11) is 0.